The summed E-state index contributed by atoms with van der Waals surface area (Å²) < 4.78 is 6.04. The molecule has 25 heavy (non-hydrogen) atoms. The van der Waals surface area contributed by atoms with Gasteiger partial charge in [0.1, 0.15) is 12.4 Å². The third-order valence-electron chi connectivity index (χ3n) is 5.17. The fraction of sp³-hybridized carbons (Fsp3) is 0.500. The summed E-state index contributed by atoms with van der Waals surface area (Å²) in [4.78, 5) is 4.05. The number of para-hydroxylation sites is 1. The quantitative estimate of drug-likeness (QED) is 0.726. The molecule has 1 heterocycles. The van der Waals surface area contributed by atoms with Crippen molar-refractivity contribution in [3.8, 4) is 5.75 Å². The normalized spacial score (nSPS) is 16.5. The van der Waals surface area contributed by atoms with Crippen LogP contribution in [0.2, 0.25) is 0 Å². The van der Waals surface area contributed by atoms with Crippen molar-refractivity contribution in [2.24, 2.45) is 5.92 Å². The molecule has 1 aromatic heterocycles. The van der Waals surface area contributed by atoms with E-state index in [4.69, 9.17) is 4.74 Å². The summed E-state index contributed by atoms with van der Waals surface area (Å²) >= 11 is 0. The number of hydrogen-bond acceptors (Lipinski definition) is 3. The molecule has 1 N–H and O–H groups in total. The molecule has 1 atom stereocenters. The number of hydrogen-bond donors (Lipinski definition) is 1. The SMILES string of the molecule is CC(CC1CCCCC1)NCc1ccccc1OCc1ccncc1. The van der Waals surface area contributed by atoms with Gasteiger partial charge in [-0.3, -0.25) is 4.98 Å². The predicted molar refractivity (Wildman–Crippen MR) is 103 cm³/mol. The smallest absolute Gasteiger partial charge is 0.124 e. The number of benzene rings is 1. The maximum absolute atomic E-state index is 6.04. The Morgan fingerprint density at radius 2 is 1.84 bits per heavy atom. The Kier molecular flexibility index (Phi) is 6.87. The predicted octanol–water partition coefficient (Wildman–Crippen LogP) is 5.11. The van der Waals surface area contributed by atoms with Crippen LogP contribution in [-0.4, -0.2) is 11.0 Å². The summed E-state index contributed by atoms with van der Waals surface area (Å²) in [6.07, 6.45) is 12.0. The van der Waals surface area contributed by atoms with Gasteiger partial charge in [-0.05, 0) is 43.0 Å². The fourth-order valence-corrected chi connectivity index (χ4v) is 3.72. The summed E-state index contributed by atoms with van der Waals surface area (Å²) in [7, 11) is 0. The van der Waals surface area contributed by atoms with Gasteiger partial charge in [0.25, 0.3) is 0 Å². The minimum atomic E-state index is 0.552. The summed E-state index contributed by atoms with van der Waals surface area (Å²) in [5, 5.41) is 3.69. The van der Waals surface area contributed by atoms with Crippen molar-refractivity contribution in [2.45, 2.75) is 64.6 Å². The molecule has 1 aliphatic carbocycles. The van der Waals surface area contributed by atoms with Crippen LogP contribution >= 0.6 is 0 Å². The van der Waals surface area contributed by atoms with Crippen LogP contribution in [0.25, 0.3) is 0 Å². The van der Waals surface area contributed by atoms with Gasteiger partial charge in [-0.2, -0.15) is 0 Å². The zero-order valence-electron chi connectivity index (χ0n) is 15.3. The Balaban J connectivity index is 1.50. The molecule has 0 aliphatic heterocycles. The summed E-state index contributed by atoms with van der Waals surface area (Å²) in [6.45, 7) is 3.76. The highest BCUT2D eigenvalue weighted by atomic mass is 16.5. The summed E-state index contributed by atoms with van der Waals surface area (Å²) in [5.74, 6) is 1.88. The van der Waals surface area contributed by atoms with Gasteiger partial charge < -0.3 is 10.1 Å². The Morgan fingerprint density at radius 3 is 2.64 bits per heavy atom. The molecule has 3 rings (SSSR count). The number of ether oxygens (including phenoxy) is 1. The van der Waals surface area contributed by atoms with Gasteiger partial charge in [0.15, 0.2) is 0 Å². The van der Waals surface area contributed by atoms with Crippen LogP contribution < -0.4 is 10.1 Å². The Labute approximate surface area is 151 Å². The van der Waals surface area contributed by atoms with Crippen molar-refractivity contribution in [2.75, 3.05) is 0 Å². The van der Waals surface area contributed by atoms with E-state index in [-0.39, 0.29) is 0 Å². The highest BCUT2D eigenvalue weighted by Crippen LogP contribution is 2.27. The summed E-state index contributed by atoms with van der Waals surface area (Å²) in [6, 6.07) is 12.9. The molecule has 3 heteroatoms. The molecule has 1 fully saturated rings. The first kappa shape index (κ1) is 17.9. The van der Waals surface area contributed by atoms with Crippen molar-refractivity contribution in [3.63, 3.8) is 0 Å². The van der Waals surface area contributed by atoms with Crippen LogP contribution in [0.1, 0.15) is 56.6 Å². The lowest BCUT2D eigenvalue weighted by Gasteiger charge is -2.25. The summed E-state index contributed by atoms with van der Waals surface area (Å²) in [5.41, 5.74) is 2.37. The van der Waals surface area contributed by atoms with Gasteiger partial charge in [-0.25, -0.2) is 0 Å². The molecule has 0 bridgehead atoms. The van der Waals surface area contributed by atoms with Gasteiger partial charge in [-0.1, -0.05) is 50.3 Å². The Bertz CT molecular complexity index is 623. The topological polar surface area (TPSA) is 34.1 Å². The lowest BCUT2D eigenvalue weighted by Crippen LogP contribution is -2.28. The Hall–Kier alpha value is -1.87. The van der Waals surface area contributed by atoms with Gasteiger partial charge in [0.05, 0.1) is 0 Å². The average molecular weight is 338 g/mol. The Morgan fingerprint density at radius 1 is 1.08 bits per heavy atom. The van der Waals surface area contributed by atoms with Crippen LogP contribution in [-0.2, 0) is 13.2 Å². The zero-order valence-corrected chi connectivity index (χ0v) is 15.3. The average Bonchev–Trinajstić information content (AvgIpc) is 2.67. The van der Waals surface area contributed by atoms with Gasteiger partial charge in [-0.15, -0.1) is 0 Å². The van der Waals surface area contributed by atoms with Gasteiger partial charge in [0.2, 0.25) is 0 Å². The second-order valence-electron chi connectivity index (χ2n) is 7.27. The first-order valence-electron chi connectivity index (χ1n) is 9.64. The first-order valence-corrected chi connectivity index (χ1v) is 9.64. The van der Waals surface area contributed by atoms with Crippen LogP contribution in [0, 0.1) is 5.92 Å². The van der Waals surface area contributed by atoms with E-state index < -0.39 is 0 Å². The maximum atomic E-state index is 6.04. The van der Waals surface area contributed by atoms with E-state index >= 15 is 0 Å². The lowest BCUT2D eigenvalue weighted by molar-refractivity contribution is 0.294. The standard InChI is InChI=1S/C22H30N2O/c1-18(15-19-7-3-2-4-8-19)24-16-21-9-5-6-10-22(21)25-17-20-11-13-23-14-12-20/h5-6,9-14,18-19,24H,2-4,7-8,15-17H2,1H3. The number of nitrogens with one attached hydrogen (secondary N) is 1. The van der Waals surface area contributed by atoms with Crippen LogP contribution in [0.5, 0.6) is 5.75 Å². The molecule has 0 saturated heterocycles. The second kappa shape index (κ2) is 9.57. The molecule has 1 unspecified atom stereocenters. The fourth-order valence-electron chi connectivity index (χ4n) is 3.72. The van der Waals surface area contributed by atoms with E-state index in [9.17, 15) is 0 Å². The van der Waals surface area contributed by atoms with Crippen molar-refractivity contribution >= 4 is 0 Å². The zero-order chi connectivity index (χ0) is 17.3. The number of rotatable bonds is 8. The van der Waals surface area contributed by atoms with Crippen molar-refractivity contribution in [3.05, 3.63) is 59.9 Å². The molecular weight excluding hydrogens is 308 g/mol. The van der Waals surface area contributed by atoms with E-state index in [0.29, 0.717) is 12.6 Å². The van der Waals surface area contributed by atoms with E-state index in [1.807, 2.05) is 18.2 Å². The maximum Gasteiger partial charge on any atom is 0.124 e. The highest BCUT2D eigenvalue weighted by Gasteiger charge is 2.16. The first-order chi connectivity index (χ1) is 12.3. The minimum absolute atomic E-state index is 0.552. The molecule has 3 nitrogen and oxygen atoms in total. The van der Waals surface area contributed by atoms with Gasteiger partial charge in [0, 0.05) is 30.5 Å². The molecule has 1 aliphatic rings. The molecular formula is C22H30N2O. The number of nitrogens with zero attached hydrogens (tertiary/aromatic N) is 1. The third-order valence-corrected chi connectivity index (χ3v) is 5.17. The second-order valence-corrected chi connectivity index (χ2v) is 7.27. The third kappa shape index (κ3) is 5.86. The molecule has 134 valence electrons. The van der Waals surface area contributed by atoms with Crippen LogP contribution in [0.4, 0.5) is 0 Å². The number of pyridine rings is 1. The molecule has 1 aromatic carbocycles. The molecule has 2 aromatic rings. The monoisotopic (exact) mass is 338 g/mol. The van der Waals surface area contributed by atoms with Gasteiger partial charge >= 0.3 is 0 Å². The van der Waals surface area contributed by atoms with Crippen molar-refractivity contribution < 1.29 is 4.74 Å². The van der Waals surface area contributed by atoms with Crippen LogP contribution in [0.15, 0.2) is 48.8 Å². The molecule has 0 amide bonds. The molecule has 0 radical (unpaired) electrons. The van der Waals surface area contributed by atoms with Crippen molar-refractivity contribution in [1.82, 2.24) is 10.3 Å². The number of aromatic nitrogens is 1. The van der Waals surface area contributed by atoms with Crippen LogP contribution in [0.3, 0.4) is 0 Å². The molecule has 1 saturated carbocycles. The highest BCUT2D eigenvalue weighted by molar-refractivity contribution is 5.33. The van der Waals surface area contributed by atoms with Crippen molar-refractivity contribution in [1.29, 1.82) is 0 Å². The van der Waals surface area contributed by atoms with E-state index in [2.05, 4.69) is 35.4 Å². The van der Waals surface area contributed by atoms with E-state index in [1.54, 1.807) is 12.4 Å². The largest absolute Gasteiger partial charge is 0.489 e. The minimum Gasteiger partial charge on any atom is -0.489 e. The molecule has 0 spiro atoms. The lowest BCUT2D eigenvalue weighted by atomic mass is 9.85. The van der Waals surface area contributed by atoms with E-state index in [1.165, 1.54) is 44.1 Å². The van der Waals surface area contributed by atoms with E-state index in [0.717, 1.165) is 23.8 Å².